The topological polar surface area (TPSA) is 77.5 Å². The van der Waals surface area contributed by atoms with Gasteiger partial charge in [-0.1, -0.05) is 12.1 Å². The zero-order valence-electron chi connectivity index (χ0n) is 12.1. The highest BCUT2D eigenvalue weighted by Crippen LogP contribution is 2.14. The van der Waals surface area contributed by atoms with Gasteiger partial charge in [0.1, 0.15) is 24.4 Å². The zero-order chi connectivity index (χ0) is 15.9. The van der Waals surface area contributed by atoms with E-state index >= 15 is 0 Å². The van der Waals surface area contributed by atoms with Gasteiger partial charge in [0.05, 0.1) is 12.1 Å². The highest BCUT2D eigenvalue weighted by atomic mass is 35.5. The van der Waals surface area contributed by atoms with Crippen LogP contribution in [-0.2, 0) is 13.1 Å². The first-order valence-electron chi connectivity index (χ1n) is 6.64. The standard InChI is InChI=1S/C15H16F2N2O3.ClH/c16-14(17)9-22-12-3-1-2-10(4-12)7-19-15(20)11-5-13(6-18)21-8-11;/h1-5,8,14H,6-7,9,18H2,(H,19,20);1H. The third kappa shape index (κ3) is 5.88. The number of nitrogens with one attached hydrogen (secondary N) is 1. The summed E-state index contributed by atoms with van der Waals surface area (Å²) in [4.78, 5) is 11.9. The van der Waals surface area contributed by atoms with Crippen LogP contribution in [0.4, 0.5) is 8.78 Å². The van der Waals surface area contributed by atoms with Crippen LogP contribution in [0.2, 0.25) is 0 Å². The molecule has 0 unspecified atom stereocenters. The smallest absolute Gasteiger partial charge is 0.272 e. The molecule has 1 aromatic carbocycles. The summed E-state index contributed by atoms with van der Waals surface area (Å²) in [6.07, 6.45) is -1.19. The lowest BCUT2D eigenvalue weighted by Gasteiger charge is -2.08. The lowest BCUT2D eigenvalue weighted by atomic mass is 10.2. The van der Waals surface area contributed by atoms with E-state index in [1.807, 2.05) is 0 Å². The second kappa shape index (κ2) is 9.12. The molecule has 0 radical (unpaired) electrons. The molecule has 126 valence electrons. The monoisotopic (exact) mass is 346 g/mol. The van der Waals surface area contributed by atoms with Crippen LogP contribution >= 0.6 is 12.4 Å². The molecule has 0 saturated heterocycles. The van der Waals surface area contributed by atoms with Crippen LogP contribution in [0.5, 0.6) is 5.75 Å². The molecule has 23 heavy (non-hydrogen) atoms. The van der Waals surface area contributed by atoms with Crippen molar-refractivity contribution >= 4 is 18.3 Å². The highest BCUT2D eigenvalue weighted by Gasteiger charge is 2.09. The van der Waals surface area contributed by atoms with Crippen molar-refractivity contribution in [3.8, 4) is 5.75 Å². The summed E-state index contributed by atoms with van der Waals surface area (Å²) < 4.78 is 34.2. The molecule has 1 amide bonds. The average Bonchev–Trinajstić information content (AvgIpc) is 3.00. The van der Waals surface area contributed by atoms with Crippen LogP contribution in [0.25, 0.3) is 0 Å². The predicted molar refractivity (Wildman–Crippen MR) is 83.0 cm³/mol. The maximum Gasteiger partial charge on any atom is 0.272 e. The summed E-state index contributed by atoms with van der Waals surface area (Å²) in [5, 5.41) is 2.70. The largest absolute Gasteiger partial charge is 0.488 e. The van der Waals surface area contributed by atoms with E-state index in [2.05, 4.69) is 5.32 Å². The number of furan rings is 1. The first-order chi connectivity index (χ1) is 10.6. The van der Waals surface area contributed by atoms with Crippen molar-refractivity contribution < 1.29 is 22.7 Å². The Labute approximate surface area is 138 Å². The molecule has 1 aromatic heterocycles. The Morgan fingerprint density at radius 3 is 2.78 bits per heavy atom. The lowest BCUT2D eigenvalue weighted by Crippen LogP contribution is -2.22. The molecule has 0 aliphatic carbocycles. The summed E-state index contributed by atoms with van der Waals surface area (Å²) in [7, 11) is 0. The van der Waals surface area contributed by atoms with Gasteiger partial charge < -0.3 is 20.2 Å². The molecule has 3 N–H and O–H groups in total. The lowest BCUT2D eigenvalue weighted by molar-refractivity contribution is 0.0818. The molecule has 0 aliphatic rings. The van der Waals surface area contributed by atoms with Crippen LogP contribution in [0.15, 0.2) is 41.0 Å². The van der Waals surface area contributed by atoms with Gasteiger partial charge in [0.25, 0.3) is 12.3 Å². The third-order valence-electron chi connectivity index (χ3n) is 2.84. The number of alkyl halides is 2. The fourth-order valence-corrected chi connectivity index (χ4v) is 1.80. The minimum atomic E-state index is -2.53. The summed E-state index contributed by atoms with van der Waals surface area (Å²) >= 11 is 0. The molecule has 8 heteroatoms. The molecule has 0 bridgehead atoms. The minimum Gasteiger partial charge on any atom is -0.488 e. The number of rotatable bonds is 7. The molecule has 2 aromatic rings. The molecular weight excluding hydrogens is 330 g/mol. The molecule has 0 atom stereocenters. The molecule has 2 rings (SSSR count). The Kier molecular flexibility index (Phi) is 7.50. The van der Waals surface area contributed by atoms with Crippen LogP contribution in [0, 0.1) is 0 Å². The van der Waals surface area contributed by atoms with E-state index in [9.17, 15) is 13.6 Å². The molecular formula is C15H17ClF2N2O3. The molecule has 0 spiro atoms. The number of carbonyl (C=O) groups excluding carboxylic acids is 1. The Bertz CT molecular complexity index is 635. The van der Waals surface area contributed by atoms with E-state index in [-0.39, 0.29) is 31.4 Å². The van der Waals surface area contributed by atoms with Gasteiger partial charge in [0.2, 0.25) is 0 Å². The second-order valence-electron chi connectivity index (χ2n) is 4.54. The van der Waals surface area contributed by atoms with Crippen LogP contribution in [-0.4, -0.2) is 18.9 Å². The normalized spacial score (nSPS) is 10.3. The van der Waals surface area contributed by atoms with Crippen LogP contribution in [0.1, 0.15) is 21.7 Å². The van der Waals surface area contributed by atoms with Crippen molar-refractivity contribution in [2.45, 2.75) is 19.5 Å². The van der Waals surface area contributed by atoms with Crippen molar-refractivity contribution in [2.75, 3.05) is 6.61 Å². The summed E-state index contributed by atoms with van der Waals surface area (Å²) in [5.41, 5.74) is 6.52. The predicted octanol–water partition coefficient (Wildman–Crippen LogP) is 2.73. The fraction of sp³-hybridized carbons (Fsp3) is 0.267. The van der Waals surface area contributed by atoms with E-state index in [4.69, 9.17) is 14.9 Å². The highest BCUT2D eigenvalue weighted by molar-refractivity contribution is 5.93. The quantitative estimate of drug-likeness (QED) is 0.808. The van der Waals surface area contributed by atoms with E-state index in [1.54, 1.807) is 30.3 Å². The van der Waals surface area contributed by atoms with E-state index in [0.29, 0.717) is 17.1 Å². The van der Waals surface area contributed by atoms with Gasteiger partial charge >= 0.3 is 0 Å². The van der Waals surface area contributed by atoms with Gasteiger partial charge in [-0.15, -0.1) is 12.4 Å². The molecule has 0 saturated carbocycles. The number of amides is 1. The van der Waals surface area contributed by atoms with Gasteiger partial charge in [-0.3, -0.25) is 4.79 Å². The number of ether oxygens (including phenoxy) is 1. The van der Waals surface area contributed by atoms with Crippen LogP contribution in [0.3, 0.4) is 0 Å². The van der Waals surface area contributed by atoms with Crippen molar-refractivity contribution in [2.24, 2.45) is 5.73 Å². The van der Waals surface area contributed by atoms with Crippen LogP contribution < -0.4 is 15.8 Å². The maximum atomic E-state index is 12.1. The van der Waals surface area contributed by atoms with Crippen molar-refractivity contribution in [3.05, 3.63) is 53.5 Å². The molecule has 0 aliphatic heterocycles. The average molecular weight is 347 g/mol. The Morgan fingerprint density at radius 1 is 1.35 bits per heavy atom. The molecule has 0 fully saturated rings. The number of halogens is 3. The third-order valence-corrected chi connectivity index (χ3v) is 2.84. The first kappa shape index (κ1) is 18.9. The van der Waals surface area contributed by atoms with Gasteiger partial charge in [-0.2, -0.15) is 0 Å². The van der Waals surface area contributed by atoms with Crippen molar-refractivity contribution in [1.29, 1.82) is 0 Å². The summed E-state index contributed by atoms with van der Waals surface area (Å²) in [6, 6.07) is 8.18. The van der Waals surface area contributed by atoms with Gasteiger partial charge in [-0.25, -0.2) is 8.78 Å². The SMILES string of the molecule is Cl.NCc1cc(C(=O)NCc2cccc(OCC(F)F)c2)co1. The fourth-order valence-electron chi connectivity index (χ4n) is 1.80. The van der Waals surface area contributed by atoms with Gasteiger partial charge in [-0.05, 0) is 23.8 Å². The van der Waals surface area contributed by atoms with Crippen molar-refractivity contribution in [3.63, 3.8) is 0 Å². The van der Waals surface area contributed by atoms with Gasteiger partial charge in [0, 0.05) is 6.54 Å². The number of hydrogen-bond donors (Lipinski definition) is 2. The Morgan fingerprint density at radius 2 is 2.13 bits per heavy atom. The second-order valence-corrected chi connectivity index (χ2v) is 4.54. The Balaban J connectivity index is 0.00000264. The zero-order valence-corrected chi connectivity index (χ0v) is 12.9. The number of hydrogen-bond acceptors (Lipinski definition) is 4. The van der Waals surface area contributed by atoms with Crippen molar-refractivity contribution in [1.82, 2.24) is 5.32 Å². The number of nitrogens with two attached hydrogens (primary N) is 1. The summed E-state index contributed by atoms with van der Waals surface area (Å²) in [6.45, 7) is -0.197. The van der Waals surface area contributed by atoms with E-state index < -0.39 is 13.0 Å². The van der Waals surface area contributed by atoms with E-state index in [0.717, 1.165) is 5.56 Å². The van der Waals surface area contributed by atoms with E-state index in [1.165, 1.54) is 6.26 Å². The van der Waals surface area contributed by atoms with Gasteiger partial charge in [0.15, 0.2) is 0 Å². The minimum absolute atomic E-state index is 0. The number of benzene rings is 1. The first-order valence-corrected chi connectivity index (χ1v) is 6.64. The number of carbonyl (C=O) groups is 1. The molecule has 1 heterocycles. The maximum absolute atomic E-state index is 12.1. The summed E-state index contributed by atoms with van der Waals surface area (Å²) in [5.74, 6) is 0.552. The molecule has 5 nitrogen and oxygen atoms in total. The Hall–Kier alpha value is -2.12.